The number of aliphatic hydroxyl groups is 2. The van der Waals surface area contributed by atoms with Gasteiger partial charge in [0.05, 0.1) is 36.3 Å². The molecule has 2 rings (SSSR count). The summed E-state index contributed by atoms with van der Waals surface area (Å²) >= 11 is 0. The average molecular weight is 332 g/mol. The lowest BCUT2D eigenvalue weighted by molar-refractivity contribution is -0.172. The van der Waals surface area contributed by atoms with Crippen LogP contribution < -0.4 is 0 Å². The highest BCUT2D eigenvalue weighted by Crippen LogP contribution is 2.41. The monoisotopic (exact) mass is 332 g/mol. The summed E-state index contributed by atoms with van der Waals surface area (Å²) < 4.78 is 21.7. The van der Waals surface area contributed by atoms with Crippen molar-refractivity contribution in [3.63, 3.8) is 0 Å². The maximum absolute atomic E-state index is 11.8. The Morgan fingerprint density at radius 2 is 1.96 bits per heavy atom. The first-order valence-corrected chi connectivity index (χ1v) is 8.25. The lowest BCUT2D eigenvalue weighted by Crippen LogP contribution is -2.42. The fourth-order valence-corrected chi connectivity index (χ4v) is 2.97. The molecule has 4 atom stereocenters. The molecule has 0 radical (unpaired) electrons. The molecule has 2 aliphatic heterocycles. The predicted octanol–water partition coefficient (Wildman–Crippen LogP) is 0.813. The summed E-state index contributed by atoms with van der Waals surface area (Å²) in [5.74, 6) is -0.671. The summed E-state index contributed by atoms with van der Waals surface area (Å²) in [5.41, 5.74) is -0.485. The van der Waals surface area contributed by atoms with Crippen molar-refractivity contribution >= 4 is 5.97 Å². The number of hydrogen-bond donors (Lipinski definition) is 2. The van der Waals surface area contributed by atoms with Crippen LogP contribution in [0, 0.1) is 11.3 Å². The van der Waals surface area contributed by atoms with Crippen molar-refractivity contribution in [3.8, 4) is 0 Å². The fraction of sp³-hybridized carbons (Fsp3) is 0.938. The Morgan fingerprint density at radius 1 is 1.26 bits per heavy atom. The number of aliphatic hydroxyl groups excluding tert-OH is 1. The molecule has 0 spiro atoms. The second-order valence-corrected chi connectivity index (χ2v) is 6.81. The number of ether oxygens (including phenoxy) is 4. The number of esters is 1. The molecule has 0 amide bonds. The minimum Gasteiger partial charge on any atom is -0.463 e. The van der Waals surface area contributed by atoms with Crippen LogP contribution in [0.25, 0.3) is 0 Å². The highest BCUT2D eigenvalue weighted by Gasteiger charge is 2.52. The normalized spacial score (nSPS) is 30.2. The van der Waals surface area contributed by atoms with Crippen molar-refractivity contribution in [1.82, 2.24) is 0 Å². The SMILES string of the molecule is CCC(C)(C)C(=O)OCCOCOC1C2CCC(O2)C1C(O)O. The molecule has 134 valence electrons. The smallest absolute Gasteiger partial charge is 0.311 e. The summed E-state index contributed by atoms with van der Waals surface area (Å²) in [4.78, 5) is 11.8. The Morgan fingerprint density at radius 3 is 2.61 bits per heavy atom. The van der Waals surface area contributed by atoms with Crippen LogP contribution >= 0.6 is 0 Å². The molecule has 23 heavy (non-hydrogen) atoms. The summed E-state index contributed by atoms with van der Waals surface area (Å²) in [5, 5.41) is 18.9. The van der Waals surface area contributed by atoms with Gasteiger partial charge in [-0.3, -0.25) is 4.79 Å². The third kappa shape index (κ3) is 4.42. The van der Waals surface area contributed by atoms with E-state index in [1.165, 1.54) is 0 Å². The standard InChI is InChI=1S/C16H28O7/c1-4-16(2,3)15(19)21-8-7-20-9-22-13-11-6-5-10(23-11)12(13)14(17)18/h10-14,17-18H,4-9H2,1-3H3. The number of carbonyl (C=O) groups is 1. The molecule has 2 N–H and O–H groups in total. The second-order valence-electron chi connectivity index (χ2n) is 6.81. The Balaban J connectivity index is 1.62. The minimum absolute atomic E-state index is 0.00911. The van der Waals surface area contributed by atoms with Crippen molar-refractivity contribution in [3.05, 3.63) is 0 Å². The quantitative estimate of drug-likeness (QED) is 0.366. The van der Waals surface area contributed by atoms with Gasteiger partial charge in [-0.25, -0.2) is 0 Å². The van der Waals surface area contributed by atoms with Gasteiger partial charge in [-0.1, -0.05) is 6.92 Å². The van der Waals surface area contributed by atoms with E-state index >= 15 is 0 Å². The zero-order chi connectivity index (χ0) is 17.0. The summed E-state index contributed by atoms with van der Waals surface area (Å²) in [6.45, 7) is 6.04. The summed E-state index contributed by atoms with van der Waals surface area (Å²) in [7, 11) is 0. The predicted molar refractivity (Wildman–Crippen MR) is 80.3 cm³/mol. The van der Waals surface area contributed by atoms with Gasteiger partial charge in [0, 0.05) is 0 Å². The average Bonchev–Trinajstić information content (AvgIpc) is 3.11. The van der Waals surface area contributed by atoms with Gasteiger partial charge in [-0.05, 0) is 33.1 Å². The minimum atomic E-state index is -1.45. The van der Waals surface area contributed by atoms with E-state index in [1.54, 1.807) is 0 Å². The van der Waals surface area contributed by atoms with Gasteiger partial charge in [0.2, 0.25) is 0 Å². The lowest BCUT2D eigenvalue weighted by Gasteiger charge is -2.28. The van der Waals surface area contributed by atoms with Crippen LogP contribution in [0.3, 0.4) is 0 Å². The van der Waals surface area contributed by atoms with E-state index in [9.17, 15) is 15.0 Å². The Labute approximate surface area is 136 Å². The molecule has 0 aromatic rings. The van der Waals surface area contributed by atoms with Gasteiger partial charge in [-0.15, -0.1) is 0 Å². The van der Waals surface area contributed by atoms with Crippen LogP contribution in [-0.4, -0.2) is 60.8 Å². The van der Waals surface area contributed by atoms with Gasteiger partial charge in [0.25, 0.3) is 0 Å². The first kappa shape index (κ1) is 18.6. The zero-order valence-electron chi connectivity index (χ0n) is 14.1. The van der Waals surface area contributed by atoms with Gasteiger partial charge in [0.1, 0.15) is 13.4 Å². The van der Waals surface area contributed by atoms with E-state index in [2.05, 4.69) is 0 Å². The van der Waals surface area contributed by atoms with Crippen LogP contribution in [0.2, 0.25) is 0 Å². The van der Waals surface area contributed by atoms with Crippen LogP contribution in [0.5, 0.6) is 0 Å². The molecule has 7 heteroatoms. The van der Waals surface area contributed by atoms with Crippen molar-refractivity contribution < 1.29 is 34.0 Å². The molecule has 0 saturated carbocycles. The first-order valence-electron chi connectivity index (χ1n) is 8.25. The van der Waals surface area contributed by atoms with Gasteiger partial charge in [0.15, 0.2) is 6.29 Å². The van der Waals surface area contributed by atoms with Crippen molar-refractivity contribution in [2.75, 3.05) is 20.0 Å². The van der Waals surface area contributed by atoms with Crippen molar-refractivity contribution in [1.29, 1.82) is 0 Å². The molecule has 2 bridgehead atoms. The molecule has 2 heterocycles. The second kappa shape index (κ2) is 7.90. The van der Waals surface area contributed by atoms with Gasteiger partial charge < -0.3 is 29.2 Å². The highest BCUT2D eigenvalue weighted by atomic mass is 16.7. The van der Waals surface area contributed by atoms with Crippen molar-refractivity contribution in [2.45, 2.75) is 64.6 Å². The molecule has 2 saturated heterocycles. The van der Waals surface area contributed by atoms with Gasteiger partial charge >= 0.3 is 5.97 Å². The molecule has 2 aliphatic rings. The number of hydrogen-bond acceptors (Lipinski definition) is 7. The van der Waals surface area contributed by atoms with Crippen LogP contribution in [-0.2, 0) is 23.7 Å². The van der Waals surface area contributed by atoms with Crippen LogP contribution in [0.15, 0.2) is 0 Å². The fourth-order valence-electron chi connectivity index (χ4n) is 2.97. The first-order chi connectivity index (χ1) is 10.9. The van der Waals surface area contributed by atoms with E-state index in [0.717, 1.165) is 12.8 Å². The molecule has 2 fully saturated rings. The molecule has 0 aliphatic carbocycles. The number of rotatable bonds is 9. The third-order valence-corrected chi connectivity index (χ3v) is 4.85. The van der Waals surface area contributed by atoms with E-state index in [-0.39, 0.29) is 44.3 Å². The largest absolute Gasteiger partial charge is 0.463 e. The maximum atomic E-state index is 11.8. The van der Waals surface area contributed by atoms with E-state index in [4.69, 9.17) is 18.9 Å². The van der Waals surface area contributed by atoms with Gasteiger partial charge in [-0.2, -0.15) is 0 Å². The molecule has 0 aromatic heterocycles. The zero-order valence-corrected chi connectivity index (χ0v) is 14.1. The van der Waals surface area contributed by atoms with E-state index in [1.807, 2.05) is 20.8 Å². The maximum Gasteiger partial charge on any atom is 0.311 e. The lowest BCUT2D eigenvalue weighted by atomic mass is 9.86. The third-order valence-electron chi connectivity index (χ3n) is 4.85. The number of carbonyl (C=O) groups excluding carboxylic acids is 1. The molecular weight excluding hydrogens is 304 g/mol. The molecular formula is C16H28O7. The Hall–Kier alpha value is -0.730. The Kier molecular flexibility index (Phi) is 6.39. The summed E-state index contributed by atoms with van der Waals surface area (Å²) in [6, 6.07) is 0. The van der Waals surface area contributed by atoms with Crippen LogP contribution in [0.4, 0.5) is 0 Å². The molecule has 0 aromatic carbocycles. The van der Waals surface area contributed by atoms with E-state index < -0.39 is 17.6 Å². The topological polar surface area (TPSA) is 94.5 Å². The van der Waals surface area contributed by atoms with Crippen LogP contribution in [0.1, 0.15) is 40.0 Å². The summed E-state index contributed by atoms with van der Waals surface area (Å²) in [6.07, 6.45) is 0.341. The highest BCUT2D eigenvalue weighted by molar-refractivity contribution is 5.75. The number of fused-ring (bicyclic) bond motifs is 2. The van der Waals surface area contributed by atoms with Crippen molar-refractivity contribution in [2.24, 2.45) is 11.3 Å². The Bertz CT molecular complexity index is 396. The van der Waals surface area contributed by atoms with E-state index in [0.29, 0.717) is 6.42 Å². The molecule has 7 nitrogen and oxygen atoms in total. The molecule has 4 unspecified atom stereocenters.